The average Bonchev–Trinajstić information content (AvgIpc) is 3.04. The summed E-state index contributed by atoms with van der Waals surface area (Å²) in [6.07, 6.45) is 6.54. The SMILES string of the molecule is CCN(CC(=O)O)C1CCN(C(C)C(=O)NC2CCCC2)CC1.Cl. The number of carboxylic acid groups (broad SMARTS) is 1. The number of aliphatic carboxylic acids is 1. The summed E-state index contributed by atoms with van der Waals surface area (Å²) in [7, 11) is 0. The third-order valence-corrected chi connectivity index (χ3v) is 5.39. The van der Waals surface area contributed by atoms with Crippen LogP contribution in [0.5, 0.6) is 0 Å². The molecule has 1 atom stereocenters. The van der Waals surface area contributed by atoms with Gasteiger partial charge in [-0.05, 0) is 39.2 Å². The topological polar surface area (TPSA) is 72.9 Å². The van der Waals surface area contributed by atoms with Gasteiger partial charge in [0, 0.05) is 25.2 Å². The van der Waals surface area contributed by atoms with E-state index in [1.807, 2.05) is 18.7 Å². The van der Waals surface area contributed by atoms with Crippen molar-refractivity contribution in [1.82, 2.24) is 15.1 Å². The molecule has 0 bridgehead atoms. The van der Waals surface area contributed by atoms with E-state index in [1.54, 1.807) is 0 Å². The zero-order valence-electron chi connectivity index (χ0n) is 14.9. The number of likely N-dealkylation sites (tertiary alicyclic amines) is 1. The Morgan fingerprint density at radius 1 is 1.21 bits per heavy atom. The lowest BCUT2D eigenvalue weighted by Gasteiger charge is -2.39. The van der Waals surface area contributed by atoms with Crippen LogP contribution in [0, 0.1) is 0 Å². The zero-order valence-corrected chi connectivity index (χ0v) is 15.7. The first-order valence-electron chi connectivity index (χ1n) is 9.01. The van der Waals surface area contributed by atoms with Crippen molar-refractivity contribution in [3.63, 3.8) is 0 Å². The molecule has 1 heterocycles. The molecule has 0 spiro atoms. The van der Waals surface area contributed by atoms with E-state index in [-0.39, 0.29) is 30.9 Å². The first kappa shape index (κ1) is 21.2. The van der Waals surface area contributed by atoms with Crippen molar-refractivity contribution in [1.29, 1.82) is 0 Å². The van der Waals surface area contributed by atoms with Gasteiger partial charge < -0.3 is 10.4 Å². The molecule has 0 radical (unpaired) electrons. The fourth-order valence-electron chi connectivity index (χ4n) is 3.87. The molecular formula is C17H32ClN3O3. The Morgan fingerprint density at radius 3 is 2.29 bits per heavy atom. The Labute approximate surface area is 151 Å². The van der Waals surface area contributed by atoms with Crippen LogP contribution < -0.4 is 5.32 Å². The molecule has 6 nitrogen and oxygen atoms in total. The van der Waals surface area contributed by atoms with Crippen LogP contribution in [0.1, 0.15) is 52.4 Å². The van der Waals surface area contributed by atoms with Gasteiger partial charge in [-0.15, -0.1) is 12.4 Å². The molecule has 0 aromatic rings. The molecule has 7 heteroatoms. The number of hydrogen-bond donors (Lipinski definition) is 2. The Kier molecular flexibility index (Phi) is 9.02. The van der Waals surface area contributed by atoms with E-state index in [0.29, 0.717) is 12.1 Å². The predicted molar refractivity (Wildman–Crippen MR) is 96.6 cm³/mol. The van der Waals surface area contributed by atoms with E-state index >= 15 is 0 Å². The lowest BCUT2D eigenvalue weighted by atomic mass is 10.0. The number of carbonyl (C=O) groups excluding carboxylic acids is 1. The van der Waals surface area contributed by atoms with Crippen LogP contribution in [0.25, 0.3) is 0 Å². The van der Waals surface area contributed by atoms with Crippen LogP contribution in [0.15, 0.2) is 0 Å². The highest BCUT2D eigenvalue weighted by Gasteiger charge is 2.30. The standard InChI is InChI=1S/C17H31N3O3.ClH/c1-3-19(12-16(21)22)15-8-10-20(11-9-15)13(2)17(23)18-14-6-4-5-7-14;/h13-15H,3-12H2,1-2H3,(H,18,23)(H,21,22);1H. The number of nitrogens with zero attached hydrogens (tertiary/aromatic N) is 2. The summed E-state index contributed by atoms with van der Waals surface area (Å²) in [6.45, 7) is 6.58. The average molecular weight is 362 g/mol. The highest BCUT2D eigenvalue weighted by Crippen LogP contribution is 2.20. The second kappa shape index (κ2) is 10.2. The van der Waals surface area contributed by atoms with Gasteiger partial charge in [-0.25, -0.2) is 0 Å². The van der Waals surface area contributed by atoms with E-state index in [4.69, 9.17) is 5.11 Å². The van der Waals surface area contributed by atoms with Gasteiger partial charge in [-0.2, -0.15) is 0 Å². The third kappa shape index (κ3) is 5.90. The van der Waals surface area contributed by atoms with E-state index in [9.17, 15) is 9.59 Å². The molecule has 1 saturated heterocycles. The van der Waals surface area contributed by atoms with Crippen molar-refractivity contribution in [3.8, 4) is 0 Å². The molecule has 2 N–H and O–H groups in total. The quantitative estimate of drug-likeness (QED) is 0.722. The van der Waals surface area contributed by atoms with Crippen molar-refractivity contribution in [2.24, 2.45) is 0 Å². The van der Waals surface area contributed by atoms with Gasteiger partial charge in [0.15, 0.2) is 0 Å². The molecule has 0 aromatic carbocycles. The van der Waals surface area contributed by atoms with Crippen LogP contribution in [0.3, 0.4) is 0 Å². The van der Waals surface area contributed by atoms with Crippen LogP contribution in [0.4, 0.5) is 0 Å². The molecule has 1 saturated carbocycles. The number of carbonyl (C=O) groups is 2. The summed E-state index contributed by atoms with van der Waals surface area (Å²) >= 11 is 0. The van der Waals surface area contributed by atoms with E-state index in [1.165, 1.54) is 12.8 Å². The Bertz CT molecular complexity index is 408. The van der Waals surface area contributed by atoms with Crippen LogP contribution >= 0.6 is 12.4 Å². The van der Waals surface area contributed by atoms with Gasteiger partial charge in [0.25, 0.3) is 0 Å². The largest absolute Gasteiger partial charge is 0.480 e. The minimum atomic E-state index is -0.765. The predicted octanol–water partition coefficient (Wildman–Crippen LogP) is 1.73. The van der Waals surface area contributed by atoms with E-state index < -0.39 is 5.97 Å². The number of carboxylic acids is 1. The van der Waals surface area contributed by atoms with Crippen LogP contribution in [-0.4, -0.2) is 71.1 Å². The molecule has 0 aromatic heterocycles. The number of amides is 1. The molecule has 140 valence electrons. The molecule has 1 amide bonds. The summed E-state index contributed by atoms with van der Waals surface area (Å²) in [4.78, 5) is 27.6. The molecule has 2 fully saturated rings. The van der Waals surface area contributed by atoms with Gasteiger partial charge in [0.05, 0.1) is 12.6 Å². The Balaban J connectivity index is 0.00000288. The van der Waals surface area contributed by atoms with Gasteiger partial charge in [-0.1, -0.05) is 19.8 Å². The first-order chi connectivity index (χ1) is 11.0. The molecule has 1 unspecified atom stereocenters. The smallest absolute Gasteiger partial charge is 0.317 e. The summed E-state index contributed by atoms with van der Waals surface area (Å²) in [5.74, 6) is -0.619. The van der Waals surface area contributed by atoms with Crippen molar-refractivity contribution in [2.45, 2.75) is 70.5 Å². The summed E-state index contributed by atoms with van der Waals surface area (Å²) in [6, 6.07) is 0.595. The fraction of sp³-hybridized carbons (Fsp3) is 0.882. The van der Waals surface area contributed by atoms with Crippen molar-refractivity contribution in [2.75, 3.05) is 26.2 Å². The van der Waals surface area contributed by atoms with E-state index in [2.05, 4.69) is 10.2 Å². The van der Waals surface area contributed by atoms with Gasteiger partial charge in [0.1, 0.15) is 0 Å². The maximum atomic E-state index is 12.4. The van der Waals surface area contributed by atoms with E-state index in [0.717, 1.165) is 45.3 Å². The second-order valence-electron chi connectivity index (χ2n) is 6.89. The molecule has 1 aliphatic carbocycles. The number of piperidine rings is 1. The number of rotatable bonds is 7. The molecule has 2 rings (SSSR count). The molecule has 2 aliphatic rings. The maximum absolute atomic E-state index is 12.4. The Morgan fingerprint density at radius 2 is 1.79 bits per heavy atom. The minimum Gasteiger partial charge on any atom is -0.480 e. The Hall–Kier alpha value is -0.850. The summed E-state index contributed by atoms with van der Waals surface area (Å²) < 4.78 is 0. The minimum absolute atomic E-state index is 0. The van der Waals surface area contributed by atoms with Crippen LogP contribution in [-0.2, 0) is 9.59 Å². The molecule has 24 heavy (non-hydrogen) atoms. The number of likely N-dealkylation sites (N-methyl/N-ethyl adjacent to an activating group) is 1. The molecular weight excluding hydrogens is 330 g/mol. The number of hydrogen-bond acceptors (Lipinski definition) is 4. The van der Waals surface area contributed by atoms with Crippen LogP contribution in [0.2, 0.25) is 0 Å². The third-order valence-electron chi connectivity index (χ3n) is 5.39. The number of nitrogens with one attached hydrogen (secondary N) is 1. The second-order valence-corrected chi connectivity index (χ2v) is 6.89. The highest BCUT2D eigenvalue weighted by atomic mass is 35.5. The lowest BCUT2D eigenvalue weighted by Crippen LogP contribution is -2.53. The maximum Gasteiger partial charge on any atom is 0.317 e. The van der Waals surface area contributed by atoms with Crippen molar-refractivity contribution < 1.29 is 14.7 Å². The zero-order chi connectivity index (χ0) is 16.8. The highest BCUT2D eigenvalue weighted by molar-refractivity contribution is 5.85. The van der Waals surface area contributed by atoms with Gasteiger partial charge in [0.2, 0.25) is 5.91 Å². The lowest BCUT2D eigenvalue weighted by molar-refractivity contribution is -0.139. The summed E-state index contributed by atoms with van der Waals surface area (Å²) in [5.41, 5.74) is 0. The monoisotopic (exact) mass is 361 g/mol. The number of halogens is 1. The van der Waals surface area contributed by atoms with Crippen molar-refractivity contribution in [3.05, 3.63) is 0 Å². The first-order valence-corrected chi connectivity index (χ1v) is 9.01. The van der Waals surface area contributed by atoms with Crippen molar-refractivity contribution >= 4 is 24.3 Å². The fourth-order valence-corrected chi connectivity index (χ4v) is 3.87. The van der Waals surface area contributed by atoms with Gasteiger partial charge in [-0.3, -0.25) is 19.4 Å². The normalized spacial score (nSPS) is 21.5. The van der Waals surface area contributed by atoms with Gasteiger partial charge >= 0.3 is 5.97 Å². The summed E-state index contributed by atoms with van der Waals surface area (Å²) in [5, 5.41) is 12.2. The molecule has 1 aliphatic heterocycles.